The molecule has 2 heterocycles. The molecule has 2 aromatic heterocycles. The van der Waals surface area contributed by atoms with Crippen LogP contribution < -0.4 is 16.4 Å². The third-order valence-corrected chi connectivity index (χ3v) is 6.78. The summed E-state index contributed by atoms with van der Waals surface area (Å²) in [7, 11) is -2.88. The van der Waals surface area contributed by atoms with Gasteiger partial charge in [0.15, 0.2) is 0 Å². The van der Waals surface area contributed by atoms with Gasteiger partial charge in [-0.3, -0.25) is 0 Å². The number of imidazole rings is 1. The van der Waals surface area contributed by atoms with Crippen LogP contribution in [-0.4, -0.2) is 44.2 Å². The summed E-state index contributed by atoms with van der Waals surface area (Å²) in [5.74, 6) is 0.879. The average molecular weight is 404 g/mol. The van der Waals surface area contributed by atoms with Gasteiger partial charge in [-0.15, -0.1) is 0 Å². The molecule has 0 radical (unpaired) electrons. The molecule has 0 bridgehead atoms. The topological polar surface area (TPSA) is 111 Å². The first-order valence-electron chi connectivity index (χ1n) is 9.62. The van der Waals surface area contributed by atoms with Gasteiger partial charge in [0.25, 0.3) is 0 Å². The predicted molar refractivity (Wildman–Crippen MR) is 116 cm³/mol. The number of nitrogens with zero attached hydrogens (tertiary/aromatic N) is 4. The number of nitrogens with two attached hydrogens (primary N) is 1. The molecule has 0 aliphatic rings. The number of fused-ring (bicyclic) bond motifs is 1. The monoisotopic (exact) mass is 404 g/mol. The summed E-state index contributed by atoms with van der Waals surface area (Å²) in [6, 6.07) is 7.84. The Morgan fingerprint density at radius 1 is 1.29 bits per heavy atom. The first-order chi connectivity index (χ1) is 13.4. The molecule has 0 unspecified atom stereocenters. The van der Waals surface area contributed by atoms with Crippen molar-refractivity contribution in [3.05, 3.63) is 36.2 Å². The summed E-state index contributed by atoms with van der Waals surface area (Å²) >= 11 is 0. The van der Waals surface area contributed by atoms with E-state index in [9.17, 15) is 4.89 Å². The Morgan fingerprint density at radius 2 is 2.11 bits per heavy atom. The predicted octanol–water partition coefficient (Wildman–Crippen LogP) is 2.53. The maximum absolute atomic E-state index is 10.6. The molecule has 8 nitrogen and oxygen atoms in total. The van der Waals surface area contributed by atoms with Gasteiger partial charge in [0.05, 0.1) is 0 Å². The third-order valence-electron chi connectivity index (χ3n) is 4.55. The minimum absolute atomic E-state index is 0.364. The van der Waals surface area contributed by atoms with Crippen LogP contribution >= 0.6 is 7.72 Å². The Hall–Kier alpha value is -2.28. The van der Waals surface area contributed by atoms with Crippen LogP contribution in [0.15, 0.2) is 30.6 Å². The van der Waals surface area contributed by atoms with Crippen molar-refractivity contribution >= 4 is 36.0 Å². The number of nitrogens with one attached hydrogen (secondary N) is 1. The number of hydrogen-bond donors (Lipinski definition) is 3. The number of anilines is 2. The van der Waals surface area contributed by atoms with Gasteiger partial charge in [0.2, 0.25) is 0 Å². The van der Waals surface area contributed by atoms with E-state index >= 15 is 0 Å². The summed E-state index contributed by atoms with van der Waals surface area (Å²) < 4.78 is 7.52. The van der Waals surface area contributed by atoms with Crippen molar-refractivity contribution in [1.29, 1.82) is 0 Å². The number of benzene rings is 1. The zero-order chi connectivity index (χ0) is 20.1. The van der Waals surface area contributed by atoms with Crippen LogP contribution in [0.2, 0.25) is 0 Å². The first kappa shape index (κ1) is 20.5. The van der Waals surface area contributed by atoms with Gasteiger partial charge in [0.1, 0.15) is 0 Å². The van der Waals surface area contributed by atoms with Gasteiger partial charge in [0, 0.05) is 0 Å². The van der Waals surface area contributed by atoms with Crippen molar-refractivity contribution in [3.63, 3.8) is 0 Å². The SMILES string of the molecule is CCCCNc1nc(N)c2ncn(Cc3cccc([PH](C)(O)OCC)c3)c2n1. The molecule has 0 saturated carbocycles. The Kier molecular flexibility index (Phi) is 6.44. The second-order valence-electron chi connectivity index (χ2n) is 6.87. The van der Waals surface area contributed by atoms with Crippen molar-refractivity contribution in [3.8, 4) is 0 Å². The fourth-order valence-electron chi connectivity index (χ4n) is 3.06. The number of aromatic nitrogens is 4. The number of unbranched alkanes of at least 4 members (excludes halogenated alkanes) is 1. The molecule has 1 aromatic carbocycles. The van der Waals surface area contributed by atoms with Crippen molar-refractivity contribution in [2.75, 3.05) is 30.9 Å². The van der Waals surface area contributed by atoms with E-state index in [0.717, 1.165) is 30.3 Å². The van der Waals surface area contributed by atoms with E-state index in [1.165, 1.54) is 0 Å². The van der Waals surface area contributed by atoms with E-state index in [4.69, 9.17) is 10.3 Å². The van der Waals surface area contributed by atoms with Gasteiger partial charge in [-0.05, 0) is 0 Å². The summed E-state index contributed by atoms with van der Waals surface area (Å²) in [6.45, 7) is 7.65. The molecule has 0 aliphatic carbocycles. The Balaban J connectivity index is 1.88. The molecule has 3 rings (SSSR count). The van der Waals surface area contributed by atoms with Gasteiger partial charge in [-0.25, -0.2) is 0 Å². The maximum atomic E-state index is 10.6. The molecule has 0 spiro atoms. The normalized spacial score (nSPS) is 12.4. The van der Waals surface area contributed by atoms with Crippen molar-refractivity contribution < 1.29 is 9.42 Å². The van der Waals surface area contributed by atoms with E-state index in [1.807, 2.05) is 35.8 Å². The molecule has 3 aromatic rings. The van der Waals surface area contributed by atoms with Crippen LogP contribution in [-0.2, 0) is 11.1 Å². The van der Waals surface area contributed by atoms with E-state index in [0.29, 0.717) is 36.1 Å². The summed E-state index contributed by atoms with van der Waals surface area (Å²) in [6.07, 6.45) is 3.85. The fourth-order valence-corrected chi connectivity index (χ4v) is 4.64. The molecular formula is C19H29N6O2P. The summed E-state index contributed by atoms with van der Waals surface area (Å²) in [5.41, 5.74) is 8.38. The van der Waals surface area contributed by atoms with E-state index in [-0.39, 0.29) is 0 Å². The van der Waals surface area contributed by atoms with Crippen molar-refractivity contribution in [2.24, 2.45) is 0 Å². The second-order valence-corrected chi connectivity index (χ2v) is 9.71. The van der Waals surface area contributed by atoms with Gasteiger partial charge in [-0.2, -0.15) is 0 Å². The Bertz CT molecular complexity index is 943. The van der Waals surface area contributed by atoms with E-state index in [1.54, 1.807) is 13.0 Å². The molecule has 0 aliphatic heterocycles. The van der Waals surface area contributed by atoms with Gasteiger partial charge in [-0.1, -0.05) is 6.92 Å². The first-order valence-corrected chi connectivity index (χ1v) is 12.0. The van der Waals surface area contributed by atoms with Crippen LogP contribution in [0.5, 0.6) is 0 Å². The zero-order valence-corrected chi connectivity index (χ0v) is 17.6. The molecule has 4 N–H and O–H groups in total. The number of hydrogen-bond acceptors (Lipinski definition) is 7. The summed E-state index contributed by atoms with van der Waals surface area (Å²) in [5, 5.41) is 4.06. The molecule has 152 valence electrons. The fraction of sp³-hybridized carbons (Fsp3) is 0.421. The number of nitrogen functional groups attached to an aromatic ring is 1. The number of rotatable bonds is 9. The standard InChI is InChI=1S/C19H29N6O2P/c1-4-6-10-21-19-23-17(20)16-18(24-19)25(13-22-16)12-14-8-7-9-15(11-14)28(3,26)27-5-2/h7-9,11,13,26,28H,4-6,10,12H2,1-3H3,(H3,20,21,23,24). The van der Waals surface area contributed by atoms with Crippen molar-refractivity contribution in [2.45, 2.75) is 33.2 Å². The van der Waals surface area contributed by atoms with Crippen LogP contribution in [0.4, 0.5) is 11.8 Å². The minimum atomic E-state index is -2.88. The molecule has 0 amide bonds. The van der Waals surface area contributed by atoms with E-state index in [2.05, 4.69) is 27.2 Å². The summed E-state index contributed by atoms with van der Waals surface area (Å²) in [4.78, 5) is 23.9. The van der Waals surface area contributed by atoms with Crippen LogP contribution in [0.25, 0.3) is 11.2 Å². The average Bonchev–Trinajstić information content (AvgIpc) is 3.05. The van der Waals surface area contributed by atoms with Gasteiger partial charge >= 0.3 is 158 Å². The zero-order valence-electron chi connectivity index (χ0n) is 16.6. The molecule has 0 atom stereocenters. The molecule has 9 heteroatoms. The Labute approximate surface area is 165 Å². The van der Waals surface area contributed by atoms with Crippen LogP contribution in [0.1, 0.15) is 32.3 Å². The molecular weight excluding hydrogens is 375 g/mol. The molecule has 0 fully saturated rings. The molecule has 0 saturated heterocycles. The van der Waals surface area contributed by atoms with Gasteiger partial charge < -0.3 is 0 Å². The quantitative estimate of drug-likeness (QED) is 0.371. The van der Waals surface area contributed by atoms with E-state index < -0.39 is 7.72 Å². The van der Waals surface area contributed by atoms with Crippen LogP contribution in [0.3, 0.4) is 0 Å². The second kappa shape index (κ2) is 8.82. The third kappa shape index (κ3) is 4.58. The van der Waals surface area contributed by atoms with Crippen LogP contribution in [0, 0.1) is 0 Å². The molecule has 28 heavy (non-hydrogen) atoms. The van der Waals surface area contributed by atoms with Crippen molar-refractivity contribution in [1.82, 2.24) is 19.5 Å². The Morgan fingerprint density at radius 3 is 2.86 bits per heavy atom.